The second kappa shape index (κ2) is 30.1. The number of hydrogen-bond acceptors (Lipinski definition) is 14. The van der Waals surface area contributed by atoms with Gasteiger partial charge in [0.2, 0.25) is 47.1 Å². The fraction of sp³-hybridized carbons (Fsp3) is 0.276. The van der Waals surface area contributed by atoms with Crippen molar-refractivity contribution in [2.45, 2.75) is 93.5 Å². The van der Waals surface area contributed by atoms with E-state index in [2.05, 4.69) is 29.9 Å². The van der Waals surface area contributed by atoms with Gasteiger partial charge in [0, 0.05) is 79.5 Å². The zero-order valence-electron chi connectivity index (χ0n) is 46.2. The number of aliphatic hydroxyl groups is 2. The van der Waals surface area contributed by atoms with E-state index in [9.17, 15) is 46.3 Å². The van der Waals surface area contributed by atoms with Crippen LogP contribution < -0.4 is 32.0 Å². The van der Waals surface area contributed by atoms with Crippen molar-refractivity contribution < 1.29 is 79.5 Å². The molecule has 0 saturated heterocycles. The van der Waals surface area contributed by atoms with Gasteiger partial charge in [-0.05, 0) is 122 Å². The predicted molar refractivity (Wildman–Crippen MR) is 289 cm³/mol. The van der Waals surface area contributed by atoms with E-state index in [1.165, 1.54) is 11.7 Å². The molecule has 23 heteroatoms. The number of hydrogen-bond donors (Lipinski definition) is 4. The Morgan fingerprint density at radius 1 is 0.519 bits per heavy atom. The molecule has 0 spiro atoms. The van der Waals surface area contributed by atoms with Crippen LogP contribution in [-0.2, 0) is 59.0 Å². The summed E-state index contributed by atoms with van der Waals surface area (Å²) in [5.74, 6) is -4.48. The van der Waals surface area contributed by atoms with Gasteiger partial charge in [0.15, 0.2) is 0 Å². The summed E-state index contributed by atoms with van der Waals surface area (Å²) in [5.41, 5.74) is 3.91. The maximum atomic E-state index is 13.6. The summed E-state index contributed by atoms with van der Waals surface area (Å²) in [4.78, 5) is 96.0. The molecule has 81 heavy (non-hydrogen) atoms. The molecule has 1 radical (unpaired) electrons. The zero-order chi connectivity index (χ0) is 59.1. The number of pyridine rings is 4. The summed E-state index contributed by atoms with van der Waals surface area (Å²) < 4.78 is 63.8. The second-order valence-corrected chi connectivity index (χ2v) is 18.9. The number of H-pyrrole nitrogens is 2. The van der Waals surface area contributed by atoms with Crippen LogP contribution >= 0.6 is 0 Å². The number of aliphatic hydroxyl groups excluding tert-OH is 2. The molecule has 8 rings (SSSR count). The van der Waals surface area contributed by atoms with Gasteiger partial charge in [-0.3, -0.25) is 38.3 Å². The number of carbonyl (C=O) groups excluding carboxylic acids is 2. The molecule has 0 amide bonds. The SMILES string of the molecule is COc1cc(CO)ccn1.COc1cc(Cn2c(C(=O)c3cc(C)cc(C)c3)c(C(C)C)c(=O)[nH]c2=O)ccn1.Cc1cc(C)cc(C(=O)c2c(C(C)C)c(=O)[nH]c(=O)n2Cc2cc(F)nc(F)c2)c1.OCc1cc(F)nc(F)c1.[Y]. The first-order chi connectivity index (χ1) is 37.9. The summed E-state index contributed by atoms with van der Waals surface area (Å²) in [7, 11) is 3.05. The van der Waals surface area contributed by atoms with Gasteiger partial charge in [-0.25, -0.2) is 19.6 Å². The number of halogens is 4. The summed E-state index contributed by atoms with van der Waals surface area (Å²) in [6.07, 6.45) is 3.17. The number of benzene rings is 2. The van der Waals surface area contributed by atoms with Gasteiger partial charge in [-0.2, -0.15) is 27.5 Å². The molecule has 2 aromatic carbocycles. The van der Waals surface area contributed by atoms with E-state index in [0.717, 1.165) is 62.2 Å². The average Bonchev–Trinajstić information content (AvgIpc) is 3.38. The van der Waals surface area contributed by atoms with Gasteiger partial charge < -0.3 is 19.7 Å². The summed E-state index contributed by atoms with van der Waals surface area (Å²) in [6, 6.07) is 21.5. The van der Waals surface area contributed by atoms with Gasteiger partial charge >= 0.3 is 11.4 Å². The third kappa shape index (κ3) is 18.0. The third-order valence-corrected chi connectivity index (χ3v) is 11.7. The van der Waals surface area contributed by atoms with Crippen molar-refractivity contribution in [3.8, 4) is 11.8 Å². The summed E-state index contributed by atoms with van der Waals surface area (Å²) >= 11 is 0. The molecule has 18 nitrogen and oxygen atoms in total. The van der Waals surface area contributed by atoms with Crippen molar-refractivity contribution in [3.05, 3.63) is 241 Å². The van der Waals surface area contributed by atoms with Crippen LogP contribution in [0.2, 0.25) is 0 Å². The number of aromatic nitrogens is 8. The zero-order valence-corrected chi connectivity index (χ0v) is 49.0. The third-order valence-electron chi connectivity index (χ3n) is 11.7. The topological polar surface area (TPSA) is 254 Å². The molecule has 0 atom stereocenters. The summed E-state index contributed by atoms with van der Waals surface area (Å²) in [6.45, 7) is 14.0. The largest absolute Gasteiger partial charge is 0.481 e. The fourth-order valence-corrected chi connectivity index (χ4v) is 8.42. The Hall–Kier alpha value is -7.92. The first-order valence-corrected chi connectivity index (χ1v) is 24.7. The minimum atomic E-state index is -1.05. The Morgan fingerprint density at radius 3 is 1.20 bits per heavy atom. The van der Waals surface area contributed by atoms with Gasteiger partial charge in [0.05, 0.1) is 40.5 Å². The molecular weight excluding hydrogens is 1130 g/mol. The second-order valence-electron chi connectivity index (χ2n) is 18.9. The smallest absolute Gasteiger partial charge is 0.329 e. The number of carbonyl (C=O) groups is 2. The number of aromatic amines is 2. The first-order valence-electron chi connectivity index (χ1n) is 24.7. The van der Waals surface area contributed by atoms with E-state index < -0.39 is 52.1 Å². The van der Waals surface area contributed by atoms with Gasteiger partial charge in [-0.15, -0.1) is 0 Å². The molecule has 0 fully saturated rings. The number of nitrogens with zero attached hydrogens (tertiary/aromatic N) is 6. The number of ether oxygens (including phenoxy) is 2. The van der Waals surface area contributed by atoms with E-state index in [1.807, 2.05) is 53.7 Å². The Bertz CT molecular complexity index is 3690. The van der Waals surface area contributed by atoms with Crippen molar-refractivity contribution in [2.75, 3.05) is 14.2 Å². The average molecular weight is 1190 g/mol. The minimum absolute atomic E-state index is 0. The number of ketones is 2. The molecule has 0 aliphatic rings. The molecule has 0 bridgehead atoms. The van der Waals surface area contributed by atoms with Crippen molar-refractivity contribution in [1.29, 1.82) is 0 Å². The standard InChI is InChI=1S/C23H25N3O4.C22H21F2N3O3.C7H9NO2.C6H5F2NO.Y/c1-13(2)19-20(21(27)17-9-14(3)8-15(4)10-17)26(23(29)25-22(19)28)12-16-6-7-24-18(11-16)30-5;1-11(2)18-19(20(28)15-6-12(3)5-13(4)7-15)27(22(30)26-21(18)29)10-14-8-16(23)25-17(24)9-14;1-10-7-4-6(5-9)2-3-8-7;7-5-1-4(3-10)2-6(8)9-5;/h6-11,13H,12H2,1-5H3,(H,25,28,29);5-9,11H,10H2,1-4H3,(H,26,29,30);2-4,9H,5H2,1H3;1-2,10H,3H2;. The number of nitrogens with one attached hydrogen (secondary N) is 2. The maximum Gasteiger partial charge on any atom is 0.329 e. The molecule has 6 aromatic heterocycles. The first kappa shape index (κ1) is 65.6. The number of aryl methyl sites for hydroxylation is 4. The predicted octanol–water partition coefficient (Wildman–Crippen LogP) is 7.62. The van der Waals surface area contributed by atoms with Crippen LogP contribution in [0.25, 0.3) is 0 Å². The number of rotatable bonds is 14. The van der Waals surface area contributed by atoms with E-state index in [0.29, 0.717) is 28.5 Å². The molecule has 8 aromatic rings. The van der Waals surface area contributed by atoms with Crippen LogP contribution in [0, 0.1) is 51.5 Å². The molecule has 0 unspecified atom stereocenters. The van der Waals surface area contributed by atoms with E-state index in [-0.39, 0.29) is 105 Å². The maximum absolute atomic E-state index is 13.6. The molecule has 6 heterocycles. The Balaban J connectivity index is 0.000000258. The molecular formula is C58H60F4N8O10Y. The van der Waals surface area contributed by atoms with E-state index in [4.69, 9.17) is 19.7 Å². The van der Waals surface area contributed by atoms with Crippen LogP contribution in [0.5, 0.6) is 11.8 Å². The summed E-state index contributed by atoms with van der Waals surface area (Å²) in [5, 5.41) is 17.1. The monoisotopic (exact) mass is 1190 g/mol. The normalized spacial score (nSPS) is 10.6. The van der Waals surface area contributed by atoms with E-state index >= 15 is 0 Å². The fourth-order valence-electron chi connectivity index (χ4n) is 8.42. The Labute approximate surface area is 487 Å². The van der Waals surface area contributed by atoms with Crippen LogP contribution in [0.3, 0.4) is 0 Å². The van der Waals surface area contributed by atoms with Crippen LogP contribution in [-0.4, -0.2) is 75.0 Å². The Kier molecular flexibility index (Phi) is 24.3. The number of methoxy groups -OCH3 is 2. The quantitative estimate of drug-likeness (QED) is 0.0464. The van der Waals surface area contributed by atoms with Gasteiger partial charge in [-0.1, -0.05) is 62.1 Å². The van der Waals surface area contributed by atoms with Crippen LogP contribution in [0.15, 0.2) is 117 Å². The molecule has 0 aliphatic carbocycles. The molecule has 0 aliphatic heterocycles. The minimum Gasteiger partial charge on any atom is -0.481 e. The Morgan fingerprint density at radius 2 is 0.852 bits per heavy atom. The van der Waals surface area contributed by atoms with Crippen molar-refractivity contribution in [1.82, 2.24) is 39.0 Å². The van der Waals surface area contributed by atoms with Gasteiger partial charge in [0.1, 0.15) is 11.4 Å². The van der Waals surface area contributed by atoms with Crippen molar-refractivity contribution in [2.24, 2.45) is 0 Å². The van der Waals surface area contributed by atoms with Crippen LogP contribution in [0.4, 0.5) is 17.6 Å². The van der Waals surface area contributed by atoms with Gasteiger partial charge in [0.25, 0.3) is 11.1 Å². The molecule has 0 saturated carbocycles. The van der Waals surface area contributed by atoms with E-state index in [1.54, 1.807) is 81.9 Å². The molecule has 4 N–H and O–H groups in total. The van der Waals surface area contributed by atoms with Crippen molar-refractivity contribution in [3.63, 3.8) is 0 Å². The molecule has 423 valence electrons. The van der Waals surface area contributed by atoms with Crippen molar-refractivity contribution >= 4 is 11.6 Å². The van der Waals surface area contributed by atoms with Crippen LogP contribution in [0.1, 0.15) is 127 Å².